The van der Waals surface area contributed by atoms with Crippen LogP contribution in [0.25, 0.3) is 11.0 Å². The maximum Gasteiger partial charge on any atom is 0.364 e. The average molecular weight is 433 g/mol. The Kier molecular flexibility index (Phi) is 5.44. The van der Waals surface area contributed by atoms with Gasteiger partial charge in [-0.2, -0.15) is 0 Å². The van der Waals surface area contributed by atoms with E-state index in [4.69, 9.17) is 55.6 Å². The van der Waals surface area contributed by atoms with Crippen molar-refractivity contribution in [1.82, 2.24) is 4.98 Å². The highest BCUT2D eigenvalue weighted by Crippen LogP contribution is 2.36. The molecule has 0 aliphatic rings. The summed E-state index contributed by atoms with van der Waals surface area (Å²) in [4.78, 5) is 27.8. The monoisotopic (exact) mass is 431 g/mol. The summed E-state index contributed by atoms with van der Waals surface area (Å²) in [7, 11) is 0. The van der Waals surface area contributed by atoms with E-state index < -0.39 is 11.6 Å². The van der Waals surface area contributed by atoms with Crippen LogP contribution in [-0.4, -0.2) is 11.0 Å². The molecule has 0 aliphatic carbocycles. The number of nitrogens with zero attached hydrogens (tertiary/aromatic N) is 1. The Morgan fingerprint density at radius 2 is 1.85 bits per heavy atom. The van der Waals surface area contributed by atoms with Gasteiger partial charge in [0.05, 0.1) is 15.1 Å². The fraction of sp³-hybridized carbons (Fsp3) is 0.118. The first-order chi connectivity index (χ1) is 12.3. The molecule has 2 heterocycles. The van der Waals surface area contributed by atoms with Crippen LogP contribution < -0.4 is 10.4 Å². The van der Waals surface area contributed by atoms with E-state index in [0.717, 1.165) is 10.9 Å². The highest BCUT2D eigenvalue weighted by molar-refractivity contribution is 6.52. The molecule has 0 bridgehead atoms. The molecule has 1 aromatic carbocycles. The third-order valence-electron chi connectivity index (χ3n) is 3.57. The number of rotatable bonds is 3. The smallest absolute Gasteiger partial charge is 0.364 e. The first-order valence-electron chi connectivity index (χ1n) is 7.30. The number of hydrogen-bond acceptors (Lipinski definition) is 5. The lowest BCUT2D eigenvalue weighted by Gasteiger charge is -2.09. The number of aromatic nitrogens is 1. The molecule has 0 radical (unpaired) electrons. The van der Waals surface area contributed by atoms with E-state index in [1.807, 2.05) is 6.92 Å². The van der Waals surface area contributed by atoms with E-state index in [-0.39, 0.29) is 31.7 Å². The zero-order valence-corrected chi connectivity index (χ0v) is 16.1. The second-order valence-corrected chi connectivity index (χ2v) is 6.68. The highest BCUT2D eigenvalue weighted by Gasteiger charge is 2.22. The number of benzene rings is 1. The van der Waals surface area contributed by atoms with Crippen LogP contribution in [0.1, 0.15) is 23.0 Å². The fourth-order valence-electron chi connectivity index (χ4n) is 2.34. The fourth-order valence-corrected chi connectivity index (χ4v) is 3.15. The van der Waals surface area contributed by atoms with Gasteiger partial charge in [-0.3, -0.25) is 0 Å². The Morgan fingerprint density at radius 1 is 1.12 bits per heavy atom. The van der Waals surface area contributed by atoms with Crippen molar-refractivity contribution in [3.63, 3.8) is 0 Å². The van der Waals surface area contributed by atoms with Gasteiger partial charge >= 0.3 is 11.6 Å². The molecule has 26 heavy (non-hydrogen) atoms. The minimum Gasteiger partial charge on any atom is -0.423 e. The number of fused-ring (bicyclic) bond motifs is 1. The standard InChI is InChI=1S/C17H9Cl4NO4/c1-2-7-5-11(23)26-10-6-8(3-4-9(7)10)25-17(24)15-13(19)12(18)14(20)16(21)22-15/h3-6H,2H2,1H3. The predicted octanol–water partition coefficient (Wildman–Crippen LogP) is 5.58. The van der Waals surface area contributed by atoms with Gasteiger partial charge in [0.15, 0.2) is 5.69 Å². The SMILES string of the molecule is CCc1cc(=O)oc2cc(OC(=O)c3nc(Cl)c(Cl)c(Cl)c3Cl)ccc12. The van der Waals surface area contributed by atoms with Crippen LogP contribution in [0.5, 0.6) is 5.75 Å². The zero-order valence-electron chi connectivity index (χ0n) is 13.1. The van der Waals surface area contributed by atoms with Gasteiger partial charge in [0.25, 0.3) is 0 Å². The second kappa shape index (κ2) is 7.45. The highest BCUT2D eigenvalue weighted by atomic mass is 35.5. The van der Waals surface area contributed by atoms with Crippen molar-refractivity contribution in [3.8, 4) is 5.75 Å². The topological polar surface area (TPSA) is 69.4 Å². The molecule has 5 nitrogen and oxygen atoms in total. The first-order valence-corrected chi connectivity index (χ1v) is 8.82. The van der Waals surface area contributed by atoms with Gasteiger partial charge in [-0.15, -0.1) is 0 Å². The third kappa shape index (κ3) is 3.53. The molecule has 0 aliphatic heterocycles. The molecule has 3 aromatic rings. The van der Waals surface area contributed by atoms with Crippen molar-refractivity contribution in [2.45, 2.75) is 13.3 Å². The summed E-state index contributed by atoms with van der Waals surface area (Å²) in [5.41, 5.74) is 0.356. The Morgan fingerprint density at radius 3 is 2.54 bits per heavy atom. The van der Waals surface area contributed by atoms with Crippen molar-refractivity contribution in [2.24, 2.45) is 0 Å². The number of pyridine rings is 1. The number of aryl methyl sites for hydroxylation is 1. The number of halogens is 4. The molecule has 0 N–H and O–H groups in total. The molecule has 0 saturated carbocycles. The van der Waals surface area contributed by atoms with E-state index in [2.05, 4.69) is 4.98 Å². The normalized spacial score (nSPS) is 11.0. The second-order valence-electron chi connectivity index (χ2n) is 5.18. The molecular formula is C17H9Cl4NO4. The first kappa shape index (κ1) is 19.0. The van der Waals surface area contributed by atoms with Crippen molar-refractivity contribution in [1.29, 1.82) is 0 Å². The molecule has 0 unspecified atom stereocenters. The van der Waals surface area contributed by atoms with Crippen molar-refractivity contribution < 1.29 is 13.9 Å². The molecule has 0 atom stereocenters. The predicted molar refractivity (Wildman–Crippen MR) is 101 cm³/mol. The van der Waals surface area contributed by atoms with E-state index in [1.54, 1.807) is 12.1 Å². The summed E-state index contributed by atoms with van der Waals surface area (Å²) in [5.74, 6) is -0.747. The number of carbonyl (C=O) groups excluding carboxylic acids is 1. The van der Waals surface area contributed by atoms with Gasteiger partial charge in [-0.1, -0.05) is 53.3 Å². The van der Waals surface area contributed by atoms with E-state index in [9.17, 15) is 9.59 Å². The molecule has 0 spiro atoms. The van der Waals surface area contributed by atoms with Crippen molar-refractivity contribution >= 4 is 63.3 Å². The summed E-state index contributed by atoms with van der Waals surface area (Å²) in [5, 5.41) is 0.240. The lowest BCUT2D eigenvalue weighted by atomic mass is 10.1. The van der Waals surface area contributed by atoms with Crippen LogP contribution >= 0.6 is 46.4 Å². The van der Waals surface area contributed by atoms with Crippen molar-refractivity contribution in [2.75, 3.05) is 0 Å². The van der Waals surface area contributed by atoms with E-state index in [1.165, 1.54) is 12.1 Å². The average Bonchev–Trinajstić information content (AvgIpc) is 2.61. The minimum atomic E-state index is -0.885. The van der Waals surface area contributed by atoms with Crippen LogP contribution in [0.2, 0.25) is 20.2 Å². The summed E-state index contributed by atoms with van der Waals surface area (Å²) in [6.07, 6.45) is 0.655. The molecule has 0 saturated heterocycles. The minimum absolute atomic E-state index is 0.0607. The molecule has 0 amide bonds. The maximum atomic E-state index is 12.4. The Balaban J connectivity index is 1.99. The van der Waals surface area contributed by atoms with Crippen LogP contribution in [0.3, 0.4) is 0 Å². The van der Waals surface area contributed by atoms with Gasteiger partial charge < -0.3 is 9.15 Å². The number of esters is 1. The van der Waals surface area contributed by atoms with E-state index >= 15 is 0 Å². The molecule has 0 fully saturated rings. The number of carbonyl (C=O) groups is 1. The Hall–Kier alpha value is -1.79. The van der Waals surface area contributed by atoms with Gasteiger partial charge in [-0.25, -0.2) is 14.6 Å². The van der Waals surface area contributed by atoms with Crippen LogP contribution in [0, 0.1) is 0 Å². The molecule has 3 rings (SSSR count). The van der Waals surface area contributed by atoms with Gasteiger partial charge in [-0.05, 0) is 24.1 Å². The van der Waals surface area contributed by atoms with Gasteiger partial charge in [0.2, 0.25) is 0 Å². The summed E-state index contributed by atoms with van der Waals surface area (Å²) < 4.78 is 10.4. The lowest BCUT2D eigenvalue weighted by Crippen LogP contribution is -2.12. The molecule has 134 valence electrons. The summed E-state index contributed by atoms with van der Waals surface area (Å²) in [6.45, 7) is 1.92. The maximum absolute atomic E-state index is 12.4. The molecular weight excluding hydrogens is 424 g/mol. The summed E-state index contributed by atoms with van der Waals surface area (Å²) >= 11 is 23.6. The largest absolute Gasteiger partial charge is 0.423 e. The van der Waals surface area contributed by atoms with Crippen LogP contribution in [0.4, 0.5) is 0 Å². The van der Waals surface area contributed by atoms with E-state index in [0.29, 0.717) is 12.0 Å². The Bertz CT molecular complexity index is 1090. The zero-order chi connectivity index (χ0) is 19.0. The summed E-state index contributed by atoms with van der Waals surface area (Å²) in [6, 6.07) is 6.11. The molecule has 2 aromatic heterocycles. The quantitative estimate of drug-likeness (QED) is 0.233. The van der Waals surface area contributed by atoms with Crippen molar-refractivity contribution in [3.05, 3.63) is 66.2 Å². The van der Waals surface area contributed by atoms with Gasteiger partial charge in [0, 0.05) is 17.5 Å². The number of hydrogen-bond donors (Lipinski definition) is 0. The van der Waals surface area contributed by atoms with Gasteiger partial charge in [0.1, 0.15) is 16.5 Å². The van der Waals surface area contributed by atoms with Crippen LogP contribution in [-0.2, 0) is 6.42 Å². The Labute approximate surface area is 167 Å². The number of ether oxygens (including phenoxy) is 1. The lowest BCUT2D eigenvalue weighted by molar-refractivity contribution is 0.0729. The third-order valence-corrected chi connectivity index (χ3v) is 5.25. The van der Waals surface area contributed by atoms with Crippen LogP contribution in [0.15, 0.2) is 33.5 Å². The molecule has 9 heteroatoms.